The maximum absolute atomic E-state index is 12.2. The molecule has 0 spiro atoms. The lowest BCUT2D eigenvalue weighted by atomic mass is 9.99. The van der Waals surface area contributed by atoms with Crippen LogP contribution < -0.4 is 10.2 Å². The Bertz CT molecular complexity index is 443. The molecule has 18 heavy (non-hydrogen) atoms. The van der Waals surface area contributed by atoms with Crippen molar-refractivity contribution in [2.75, 3.05) is 32.1 Å². The lowest BCUT2D eigenvalue weighted by Crippen LogP contribution is -2.62. The molecule has 1 aromatic rings. The summed E-state index contributed by atoms with van der Waals surface area (Å²) in [6.07, 6.45) is 1.88. The monoisotopic (exact) mass is 268 g/mol. The molecule has 0 aliphatic carbocycles. The number of nitrogens with one attached hydrogen (secondary N) is 1. The van der Waals surface area contributed by atoms with Crippen LogP contribution in [0, 0.1) is 0 Å². The summed E-state index contributed by atoms with van der Waals surface area (Å²) in [5.41, 5.74) is -0.512. The van der Waals surface area contributed by atoms with E-state index in [0.717, 1.165) is 24.8 Å². The molecule has 2 rings (SSSR count). The second-order valence-corrected chi connectivity index (χ2v) is 6.17. The van der Waals surface area contributed by atoms with Crippen LogP contribution in [0.15, 0.2) is 6.20 Å². The predicted molar refractivity (Wildman–Crippen MR) is 73.9 cm³/mol. The molecule has 0 unspecified atom stereocenters. The summed E-state index contributed by atoms with van der Waals surface area (Å²) in [6, 6.07) is 0. The molecule has 0 saturated carbocycles. The average molecular weight is 268 g/mol. The molecule has 6 heteroatoms. The van der Waals surface area contributed by atoms with E-state index in [1.165, 1.54) is 4.88 Å². The van der Waals surface area contributed by atoms with Crippen molar-refractivity contribution in [3.05, 3.63) is 11.1 Å². The van der Waals surface area contributed by atoms with E-state index in [9.17, 15) is 4.79 Å². The van der Waals surface area contributed by atoms with Gasteiger partial charge in [-0.05, 0) is 20.9 Å². The summed E-state index contributed by atoms with van der Waals surface area (Å²) in [7, 11) is 3.78. The Morgan fingerprint density at radius 2 is 2.22 bits per heavy atom. The minimum atomic E-state index is -0.512. The number of nitrogens with zero attached hydrogens (tertiary/aromatic N) is 3. The van der Waals surface area contributed by atoms with Crippen LogP contribution >= 0.6 is 11.3 Å². The molecule has 0 aromatic carbocycles. The van der Waals surface area contributed by atoms with E-state index >= 15 is 0 Å². The highest BCUT2D eigenvalue weighted by Crippen LogP contribution is 2.31. The SMILES string of the molecule is CNCc1cnc(N2CCN(C)C(=O)C2(C)C)s1. The van der Waals surface area contributed by atoms with Crippen LogP contribution in [0.1, 0.15) is 18.7 Å². The van der Waals surface area contributed by atoms with Gasteiger partial charge in [0.2, 0.25) is 5.91 Å². The third-order valence-electron chi connectivity index (χ3n) is 3.33. The van der Waals surface area contributed by atoms with Crippen molar-refractivity contribution in [1.82, 2.24) is 15.2 Å². The minimum absolute atomic E-state index is 0.152. The van der Waals surface area contributed by atoms with Gasteiger partial charge in [-0.3, -0.25) is 4.79 Å². The zero-order chi connectivity index (χ0) is 13.3. The van der Waals surface area contributed by atoms with Crippen LogP contribution in [0.5, 0.6) is 0 Å². The lowest BCUT2D eigenvalue weighted by molar-refractivity contribution is -0.136. The number of carbonyl (C=O) groups is 1. The number of rotatable bonds is 3. The van der Waals surface area contributed by atoms with E-state index in [2.05, 4.69) is 15.2 Å². The molecule has 100 valence electrons. The Balaban J connectivity index is 2.23. The van der Waals surface area contributed by atoms with E-state index in [4.69, 9.17) is 0 Å². The van der Waals surface area contributed by atoms with Crippen molar-refractivity contribution >= 4 is 22.4 Å². The van der Waals surface area contributed by atoms with Gasteiger partial charge in [-0.15, -0.1) is 11.3 Å². The first-order chi connectivity index (χ1) is 8.46. The number of likely N-dealkylation sites (N-methyl/N-ethyl adjacent to an activating group) is 1. The molecule has 1 fully saturated rings. The summed E-state index contributed by atoms with van der Waals surface area (Å²) in [5, 5.41) is 4.05. The zero-order valence-electron chi connectivity index (χ0n) is 11.4. The highest BCUT2D eigenvalue weighted by molar-refractivity contribution is 7.15. The second-order valence-electron chi connectivity index (χ2n) is 5.08. The number of thiazole rings is 1. The number of aromatic nitrogens is 1. The third kappa shape index (κ3) is 2.22. The van der Waals surface area contributed by atoms with Gasteiger partial charge in [0.15, 0.2) is 5.13 Å². The second kappa shape index (κ2) is 4.85. The maximum atomic E-state index is 12.2. The first kappa shape index (κ1) is 13.3. The number of carbonyl (C=O) groups excluding carboxylic acids is 1. The van der Waals surface area contributed by atoms with Crippen LogP contribution in [-0.2, 0) is 11.3 Å². The summed E-state index contributed by atoms with van der Waals surface area (Å²) in [5.74, 6) is 0.152. The lowest BCUT2D eigenvalue weighted by Gasteiger charge is -2.44. The van der Waals surface area contributed by atoms with E-state index in [0.29, 0.717) is 0 Å². The first-order valence-electron chi connectivity index (χ1n) is 6.09. The third-order valence-corrected chi connectivity index (χ3v) is 4.35. The van der Waals surface area contributed by atoms with Crippen molar-refractivity contribution in [2.45, 2.75) is 25.9 Å². The summed E-state index contributed by atoms with van der Waals surface area (Å²) in [6.45, 7) is 6.33. The van der Waals surface area contributed by atoms with E-state index in [-0.39, 0.29) is 5.91 Å². The van der Waals surface area contributed by atoms with Crippen LogP contribution in [0.4, 0.5) is 5.13 Å². The number of anilines is 1. The van der Waals surface area contributed by atoms with E-state index in [1.54, 1.807) is 16.2 Å². The molecule has 1 aliphatic heterocycles. The topological polar surface area (TPSA) is 48.5 Å². The molecule has 1 aromatic heterocycles. The van der Waals surface area contributed by atoms with Gasteiger partial charge in [-0.2, -0.15) is 0 Å². The molecule has 1 amide bonds. The smallest absolute Gasteiger partial charge is 0.247 e. The fourth-order valence-electron chi connectivity index (χ4n) is 2.23. The van der Waals surface area contributed by atoms with E-state index in [1.807, 2.05) is 34.1 Å². The highest BCUT2D eigenvalue weighted by Gasteiger charge is 2.41. The molecule has 5 nitrogen and oxygen atoms in total. The number of hydrogen-bond acceptors (Lipinski definition) is 5. The standard InChI is InChI=1S/C12H20N4OS/c1-12(2)10(17)15(4)5-6-16(12)11-14-8-9(18-11)7-13-3/h8,13H,5-7H2,1-4H3. The molecule has 1 aliphatic rings. The molecule has 2 heterocycles. The van der Waals surface area contributed by atoms with Gasteiger partial charge in [-0.25, -0.2) is 4.98 Å². The quantitative estimate of drug-likeness (QED) is 0.885. The molecule has 1 N–H and O–H groups in total. The maximum Gasteiger partial charge on any atom is 0.247 e. The minimum Gasteiger partial charge on any atom is -0.342 e. The number of hydrogen-bond donors (Lipinski definition) is 1. The van der Waals surface area contributed by atoms with Crippen LogP contribution in [0.3, 0.4) is 0 Å². The Hall–Kier alpha value is -1.14. The fourth-order valence-corrected chi connectivity index (χ4v) is 3.32. The van der Waals surface area contributed by atoms with Gasteiger partial charge in [0, 0.05) is 37.8 Å². The van der Waals surface area contributed by atoms with Gasteiger partial charge in [0.1, 0.15) is 5.54 Å². The Labute approximate surface area is 112 Å². The van der Waals surface area contributed by atoms with Gasteiger partial charge in [0.05, 0.1) is 0 Å². The Kier molecular flexibility index (Phi) is 3.59. The summed E-state index contributed by atoms with van der Waals surface area (Å²) < 4.78 is 0. The number of piperazine rings is 1. The first-order valence-corrected chi connectivity index (χ1v) is 6.91. The van der Waals surface area contributed by atoms with Gasteiger partial charge >= 0.3 is 0 Å². The van der Waals surface area contributed by atoms with Crippen LogP contribution in [0.2, 0.25) is 0 Å². The van der Waals surface area contributed by atoms with E-state index < -0.39 is 5.54 Å². The molecular weight excluding hydrogens is 248 g/mol. The Morgan fingerprint density at radius 3 is 2.89 bits per heavy atom. The molecule has 0 bridgehead atoms. The molecule has 0 radical (unpaired) electrons. The van der Waals surface area contributed by atoms with Gasteiger partial charge in [0.25, 0.3) is 0 Å². The average Bonchev–Trinajstić information content (AvgIpc) is 2.75. The van der Waals surface area contributed by atoms with Crippen molar-refractivity contribution in [3.8, 4) is 0 Å². The highest BCUT2D eigenvalue weighted by atomic mass is 32.1. The normalized spacial score (nSPS) is 19.4. The Morgan fingerprint density at radius 1 is 1.50 bits per heavy atom. The van der Waals surface area contributed by atoms with Crippen molar-refractivity contribution in [1.29, 1.82) is 0 Å². The van der Waals surface area contributed by atoms with Gasteiger partial charge in [-0.1, -0.05) is 0 Å². The number of amides is 1. The largest absolute Gasteiger partial charge is 0.342 e. The van der Waals surface area contributed by atoms with Crippen molar-refractivity contribution < 1.29 is 4.79 Å². The molecular formula is C12H20N4OS. The molecule has 0 atom stereocenters. The summed E-state index contributed by atoms with van der Waals surface area (Å²) in [4.78, 5) is 21.7. The zero-order valence-corrected chi connectivity index (χ0v) is 12.2. The van der Waals surface area contributed by atoms with Crippen LogP contribution in [0.25, 0.3) is 0 Å². The summed E-state index contributed by atoms with van der Waals surface area (Å²) >= 11 is 1.65. The fraction of sp³-hybridized carbons (Fsp3) is 0.667. The van der Waals surface area contributed by atoms with Crippen molar-refractivity contribution in [2.24, 2.45) is 0 Å². The van der Waals surface area contributed by atoms with Crippen LogP contribution in [-0.4, -0.2) is 48.5 Å². The predicted octanol–water partition coefficient (Wildman–Crippen LogP) is 0.919. The molecule has 1 saturated heterocycles. The van der Waals surface area contributed by atoms with Crippen molar-refractivity contribution in [3.63, 3.8) is 0 Å². The van der Waals surface area contributed by atoms with Gasteiger partial charge < -0.3 is 15.1 Å².